The molecule has 208 valence electrons. The van der Waals surface area contributed by atoms with Crippen molar-refractivity contribution in [1.29, 1.82) is 0 Å². The topological polar surface area (TPSA) is 156 Å². The van der Waals surface area contributed by atoms with Crippen LogP contribution in [0.4, 0.5) is 0 Å². The second kappa shape index (κ2) is 14.0. The van der Waals surface area contributed by atoms with E-state index in [-0.39, 0.29) is 37.8 Å². The molecule has 5 N–H and O–H groups in total. The molecule has 0 radical (unpaired) electrons. The van der Waals surface area contributed by atoms with Gasteiger partial charge >= 0.3 is 0 Å². The SMILES string of the molecule is COc1cccc2[nH]c(C(=O)N[C@@H](CC(C)C)C(=O)NN(CCC(N)=O)C(=O)COCc3ccccc3)cc12. The van der Waals surface area contributed by atoms with Crippen molar-refractivity contribution in [1.82, 2.24) is 20.7 Å². The van der Waals surface area contributed by atoms with Crippen LogP contribution in [0.1, 0.15) is 42.7 Å². The molecule has 4 amide bonds. The smallest absolute Gasteiger partial charge is 0.268 e. The predicted octanol–water partition coefficient (Wildman–Crippen LogP) is 2.27. The molecule has 0 saturated heterocycles. The van der Waals surface area contributed by atoms with Gasteiger partial charge in [0.2, 0.25) is 5.91 Å². The molecule has 0 aliphatic carbocycles. The number of rotatable bonds is 13. The normalized spacial score (nSPS) is 11.7. The lowest BCUT2D eigenvalue weighted by Gasteiger charge is -2.27. The summed E-state index contributed by atoms with van der Waals surface area (Å²) >= 11 is 0. The van der Waals surface area contributed by atoms with E-state index in [2.05, 4.69) is 15.7 Å². The molecule has 0 aliphatic rings. The first-order valence-corrected chi connectivity index (χ1v) is 12.6. The molecule has 0 spiro atoms. The van der Waals surface area contributed by atoms with Crippen molar-refractivity contribution in [2.24, 2.45) is 11.7 Å². The van der Waals surface area contributed by atoms with Gasteiger partial charge in [-0.2, -0.15) is 0 Å². The van der Waals surface area contributed by atoms with E-state index in [0.717, 1.165) is 16.0 Å². The number of aromatic nitrogens is 1. The van der Waals surface area contributed by atoms with Gasteiger partial charge < -0.3 is 25.5 Å². The van der Waals surface area contributed by atoms with Gasteiger partial charge in [-0.15, -0.1) is 0 Å². The summed E-state index contributed by atoms with van der Waals surface area (Å²) < 4.78 is 10.9. The second-order valence-electron chi connectivity index (χ2n) is 9.48. The Hall–Kier alpha value is -4.38. The van der Waals surface area contributed by atoms with Crippen molar-refractivity contribution in [2.45, 2.75) is 39.3 Å². The van der Waals surface area contributed by atoms with Crippen LogP contribution in [0.15, 0.2) is 54.6 Å². The Morgan fingerprint density at radius 1 is 1.05 bits per heavy atom. The van der Waals surface area contributed by atoms with E-state index in [0.29, 0.717) is 17.7 Å². The summed E-state index contributed by atoms with van der Waals surface area (Å²) in [6, 6.07) is 15.4. The zero-order chi connectivity index (χ0) is 28.4. The van der Waals surface area contributed by atoms with Crippen LogP contribution in [0.2, 0.25) is 0 Å². The Morgan fingerprint density at radius 3 is 2.46 bits per heavy atom. The Labute approximate surface area is 227 Å². The lowest BCUT2D eigenvalue weighted by Crippen LogP contribution is -2.55. The number of H-pyrrole nitrogens is 1. The fourth-order valence-electron chi connectivity index (χ4n) is 3.95. The number of nitrogens with two attached hydrogens (primary N) is 1. The van der Waals surface area contributed by atoms with Crippen molar-refractivity contribution in [3.8, 4) is 5.75 Å². The van der Waals surface area contributed by atoms with E-state index < -0.39 is 29.7 Å². The highest BCUT2D eigenvalue weighted by Crippen LogP contribution is 2.26. The number of hydrogen-bond donors (Lipinski definition) is 4. The van der Waals surface area contributed by atoms with Crippen LogP contribution in [0.3, 0.4) is 0 Å². The van der Waals surface area contributed by atoms with Crippen LogP contribution >= 0.6 is 0 Å². The number of ether oxygens (including phenoxy) is 2. The van der Waals surface area contributed by atoms with Crippen molar-refractivity contribution < 1.29 is 28.7 Å². The monoisotopic (exact) mass is 537 g/mol. The van der Waals surface area contributed by atoms with Gasteiger partial charge in [-0.1, -0.05) is 50.2 Å². The van der Waals surface area contributed by atoms with Gasteiger partial charge in [-0.05, 0) is 36.1 Å². The van der Waals surface area contributed by atoms with Crippen molar-refractivity contribution in [3.05, 3.63) is 65.9 Å². The Morgan fingerprint density at radius 2 is 1.79 bits per heavy atom. The molecule has 1 atom stereocenters. The minimum atomic E-state index is -0.958. The van der Waals surface area contributed by atoms with Gasteiger partial charge in [0.25, 0.3) is 17.7 Å². The zero-order valence-corrected chi connectivity index (χ0v) is 22.4. The van der Waals surface area contributed by atoms with Gasteiger partial charge in [-0.3, -0.25) is 29.6 Å². The van der Waals surface area contributed by atoms with E-state index in [1.165, 1.54) is 0 Å². The number of nitrogens with one attached hydrogen (secondary N) is 3. The summed E-state index contributed by atoms with van der Waals surface area (Å²) in [5, 5.41) is 4.49. The number of nitrogens with zero attached hydrogens (tertiary/aromatic N) is 1. The zero-order valence-electron chi connectivity index (χ0n) is 22.4. The number of amides is 4. The highest BCUT2D eigenvalue weighted by Gasteiger charge is 2.27. The third-order valence-corrected chi connectivity index (χ3v) is 5.88. The number of fused-ring (bicyclic) bond motifs is 1. The molecule has 3 rings (SSSR count). The summed E-state index contributed by atoms with van der Waals surface area (Å²) in [5.41, 5.74) is 9.66. The summed E-state index contributed by atoms with van der Waals surface area (Å²) in [6.45, 7) is 3.55. The lowest BCUT2D eigenvalue weighted by atomic mass is 10.0. The molecular weight excluding hydrogens is 502 g/mol. The summed E-state index contributed by atoms with van der Waals surface area (Å²) in [5.74, 6) is -1.63. The molecule has 11 heteroatoms. The number of methoxy groups -OCH3 is 1. The Bertz CT molecular complexity index is 1290. The molecule has 1 heterocycles. The van der Waals surface area contributed by atoms with Crippen molar-refractivity contribution in [2.75, 3.05) is 20.3 Å². The first-order valence-electron chi connectivity index (χ1n) is 12.6. The summed E-state index contributed by atoms with van der Waals surface area (Å²) in [4.78, 5) is 53.6. The van der Waals surface area contributed by atoms with E-state index >= 15 is 0 Å². The molecular formula is C28H35N5O6. The van der Waals surface area contributed by atoms with E-state index in [1.807, 2.05) is 50.2 Å². The Kier molecular flexibility index (Phi) is 10.4. The molecule has 1 aromatic heterocycles. The molecule has 0 fully saturated rings. The summed E-state index contributed by atoms with van der Waals surface area (Å²) in [6.07, 6.45) is 0.145. The number of primary amides is 1. The van der Waals surface area contributed by atoms with E-state index in [4.69, 9.17) is 15.2 Å². The number of carbonyl (C=O) groups is 4. The average Bonchev–Trinajstić information content (AvgIpc) is 3.35. The first kappa shape index (κ1) is 29.2. The van der Waals surface area contributed by atoms with Gasteiger partial charge in [-0.25, -0.2) is 0 Å². The maximum Gasteiger partial charge on any atom is 0.268 e. The molecule has 0 bridgehead atoms. The van der Waals surface area contributed by atoms with Gasteiger partial charge in [0.05, 0.1) is 20.3 Å². The van der Waals surface area contributed by atoms with Crippen LogP contribution in [-0.4, -0.2) is 59.9 Å². The molecule has 3 aromatic rings. The number of hydrazine groups is 1. The number of aromatic amines is 1. The maximum atomic E-state index is 13.3. The molecule has 0 saturated carbocycles. The minimum Gasteiger partial charge on any atom is -0.496 e. The van der Waals surface area contributed by atoms with Crippen LogP contribution in [-0.2, 0) is 25.7 Å². The number of benzene rings is 2. The van der Waals surface area contributed by atoms with E-state index in [9.17, 15) is 19.2 Å². The maximum absolute atomic E-state index is 13.3. The fourth-order valence-corrected chi connectivity index (χ4v) is 3.95. The van der Waals surface area contributed by atoms with E-state index in [1.54, 1.807) is 25.3 Å². The average molecular weight is 538 g/mol. The van der Waals surface area contributed by atoms with Gasteiger partial charge in [0, 0.05) is 17.3 Å². The molecule has 39 heavy (non-hydrogen) atoms. The largest absolute Gasteiger partial charge is 0.496 e. The van der Waals surface area contributed by atoms with Crippen LogP contribution in [0.5, 0.6) is 5.75 Å². The second-order valence-corrected chi connectivity index (χ2v) is 9.48. The predicted molar refractivity (Wildman–Crippen MR) is 145 cm³/mol. The standard InChI is InChI=1S/C28H35N5O6/c1-18(2)14-22(31-27(36)23-15-20-21(30-23)10-7-11-24(20)38-3)28(37)32-33(13-12-25(29)34)26(35)17-39-16-19-8-5-4-6-9-19/h4-11,15,18,22,30H,12-14,16-17H2,1-3H3,(H2,29,34)(H,31,36)(H,32,37)/t22-/m0/s1. The Balaban J connectivity index is 1.70. The quantitative estimate of drug-likeness (QED) is 0.245. The lowest BCUT2D eigenvalue weighted by molar-refractivity contribution is -0.146. The molecule has 11 nitrogen and oxygen atoms in total. The van der Waals surface area contributed by atoms with Crippen LogP contribution < -0.4 is 21.2 Å². The molecule has 0 aliphatic heterocycles. The molecule has 0 unspecified atom stereocenters. The van der Waals surface area contributed by atoms with Gasteiger partial charge in [0.1, 0.15) is 24.1 Å². The van der Waals surface area contributed by atoms with Crippen molar-refractivity contribution >= 4 is 34.5 Å². The highest BCUT2D eigenvalue weighted by atomic mass is 16.5. The first-order chi connectivity index (χ1) is 18.7. The van der Waals surface area contributed by atoms with Crippen LogP contribution in [0.25, 0.3) is 10.9 Å². The van der Waals surface area contributed by atoms with Crippen LogP contribution in [0, 0.1) is 5.92 Å². The molecule has 2 aromatic carbocycles. The van der Waals surface area contributed by atoms with Gasteiger partial charge in [0.15, 0.2) is 0 Å². The number of hydrogen-bond acceptors (Lipinski definition) is 6. The van der Waals surface area contributed by atoms with Crippen molar-refractivity contribution in [3.63, 3.8) is 0 Å². The third-order valence-electron chi connectivity index (χ3n) is 5.88. The highest BCUT2D eigenvalue weighted by molar-refractivity contribution is 6.01. The fraction of sp³-hybridized carbons (Fsp3) is 0.357. The number of carbonyl (C=O) groups excluding carboxylic acids is 4. The third kappa shape index (κ3) is 8.57. The summed E-state index contributed by atoms with van der Waals surface area (Å²) in [7, 11) is 1.54. The minimum absolute atomic E-state index is 0.0489.